The van der Waals surface area contributed by atoms with E-state index in [0.29, 0.717) is 6.54 Å². The minimum Gasteiger partial charge on any atom is -0.271 e. The summed E-state index contributed by atoms with van der Waals surface area (Å²) in [7, 11) is 0. The third kappa shape index (κ3) is 0.863. The lowest BCUT2D eigenvalue weighted by Crippen LogP contribution is -2.30. The summed E-state index contributed by atoms with van der Waals surface area (Å²) < 4.78 is 0. The number of carbonyl (C=O) groups is 1. The SMILES string of the molecule is NN1CCSC1=O. The van der Waals surface area contributed by atoms with Gasteiger partial charge in [-0.2, -0.15) is 0 Å². The van der Waals surface area contributed by atoms with Gasteiger partial charge in [0.1, 0.15) is 0 Å². The molecule has 0 atom stereocenters. The van der Waals surface area contributed by atoms with Crippen molar-refractivity contribution in [3.8, 4) is 0 Å². The summed E-state index contributed by atoms with van der Waals surface area (Å²) in [5.41, 5.74) is 0. The van der Waals surface area contributed by atoms with Crippen LogP contribution in [0.5, 0.6) is 0 Å². The number of hydrazine groups is 1. The molecule has 1 aliphatic rings. The Kier molecular flexibility index (Phi) is 1.21. The van der Waals surface area contributed by atoms with Gasteiger partial charge in [0, 0.05) is 12.3 Å². The minimum atomic E-state index is -0.0139. The number of hydrogen-bond acceptors (Lipinski definition) is 3. The molecule has 7 heavy (non-hydrogen) atoms. The molecule has 1 fully saturated rings. The first kappa shape index (κ1) is 4.93. The van der Waals surface area contributed by atoms with E-state index in [0.717, 1.165) is 5.75 Å². The Morgan fingerprint density at radius 2 is 2.57 bits per heavy atom. The molecule has 0 unspecified atom stereocenters. The Balaban J connectivity index is 2.48. The van der Waals surface area contributed by atoms with Gasteiger partial charge in [-0.1, -0.05) is 11.8 Å². The number of thioether (sulfide) groups is 1. The van der Waals surface area contributed by atoms with E-state index in [4.69, 9.17) is 5.84 Å². The molecule has 0 aromatic carbocycles. The van der Waals surface area contributed by atoms with E-state index in [9.17, 15) is 4.79 Å². The summed E-state index contributed by atoms with van der Waals surface area (Å²) in [4.78, 5) is 10.3. The largest absolute Gasteiger partial charge is 0.295 e. The fraction of sp³-hybridized carbons (Fsp3) is 0.667. The first-order valence-electron chi connectivity index (χ1n) is 1.99. The molecule has 1 aliphatic heterocycles. The summed E-state index contributed by atoms with van der Waals surface area (Å²) >= 11 is 1.27. The predicted molar refractivity (Wildman–Crippen MR) is 28.7 cm³/mol. The maximum Gasteiger partial charge on any atom is 0.295 e. The third-order valence-corrected chi connectivity index (χ3v) is 1.66. The van der Waals surface area contributed by atoms with Crippen LogP contribution in [0.4, 0.5) is 4.79 Å². The zero-order valence-electron chi connectivity index (χ0n) is 3.76. The van der Waals surface area contributed by atoms with Crippen molar-refractivity contribution in [1.29, 1.82) is 0 Å². The first-order chi connectivity index (χ1) is 3.30. The van der Waals surface area contributed by atoms with Gasteiger partial charge in [0.2, 0.25) is 0 Å². The van der Waals surface area contributed by atoms with Gasteiger partial charge in [-0.05, 0) is 0 Å². The highest BCUT2D eigenvalue weighted by Crippen LogP contribution is 2.12. The van der Waals surface area contributed by atoms with Crippen LogP contribution in [-0.2, 0) is 0 Å². The van der Waals surface area contributed by atoms with Crippen LogP contribution in [0, 0.1) is 0 Å². The highest BCUT2D eigenvalue weighted by Gasteiger charge is 2.16. The Morgan fingerprint density at radius 3 is 2.71 bits per heavy atom. The molecule has 1 saturated heterocycles. The maximum atomic E-state index is 10.3. The molecule has 0 radical (unpaired) electrons. The lowest BCUT2D eigenvalue weighted by atomic mass is 10.7. The van der Waals surface area contributed by atoms with E-state index in [2.05, 4.69) is 0 Å². The summed E-state index contributed by atoms with van der Waals surface area (Å²) in [6, 6.07) is 0. The zero-order valence-corrected chi connectivity index (χ0v) is 4.57. The molecule has 1 rings (SSSR count). The topological polar surface area (TPSA) is 46.3 Å². The van der Waals surface area contributed by atoms with Crippen LogP contribution in [0.15, 0.2) is 0 Å². The molecule has 0 aliphatic carbocycles. The lowest BCUT2D eigenvalue weighted by molar-refractivity contribution is 0.231. The normalized spacial score (nSPS) is 21.3. The molecule has 0 aromatic rings. The average Bonchev–Trinajstić information content (AvgIpc) is 1.91. The second-order valence-electron chi connectivity index (χ2n) is 1.31. The number of carbonyl (C=O) groups excluding carboxylic acids is 1. The highest BCUT2D eigenvalue weighted by molar-refractivity contribution is 8.13. The van der Waals surface area contributed by atoms with Crippen molar-refractivity contribution in [2.75, 3.05) is 12.3 Å². The standard InChI is InChI=1S/C3H6N2OS/c4-5-1-2-7-3(5)6/h1-2,4H2. The van der Waals surface area contributed by atoms with E-state index >= 15 is 0 Å². The molecule has 1 amide bonds. The molecule has 0 aromatic heterocycles. The van der Waals surface area contributed by atoms with Crippen LogP contribution < -0.4 is 5.84 Å². The quantitative estimate of drug-likeness (QED) is 0.360. The zero-order chi connectivity index (χ0) is 5.28. The summed E-state index contributed by atoms with van der Waals surface area (Å²) in [5, 5.41) is 1.21. The summed E-state index contributed by atoms with van der Waals surface area (Å²) in [5.74, 6) is 5.98. The van der Waals surface area contributed by atoms with Crippen LogP contribution in [0.3, 0.4) is 0 Å². The number of nitrogens with two attached hydrogens (primary N) is 1. The summed E-state index contributed by atoms with van der Waals surface area (Å²) in [6.07, 6.45) is 0. The molecule has 3 nitrogen and oxygen atoms in total. The van der Waals surface area contributed by atoms with Crippen molar-refractivity contribution < 1.29 is 4.79 Å². The van der Waals surface area contributed by atoms with Crippen molar-refractivity contribution in [3.63, 3.8) is 0 Å². The lowest BCUT2D eigenvalue weighted by Gasteiger charge is -2.01. The molecule has 0 saturated carbocycles. The van der Waals surface area contributed by atoms with E-state index in [1.54, 1.807) is 0 Å². The minimum absolute atomic E-state index is 0.0139. The predicted octanol–water partition coefficient (Wildman–Crippen LogP) is 0.0289. The van der Waals surface area contributed by atoms with Gasteiger partial charge < -0.3 is 0 Å². The van der Waals surface area contributed by atoms with Gasteiger partial charge in [0.05, 0.1) is 0 Å². The van der Waals surface area contributed by atoms with E-state index in [-0.39, 0.29) is 5.24 Å². The second kappa shape index (κ2) is 1.71. The van der Waals surface area contributed by atoms with Crippen LogP contribution in [0.25, 0.3) is 0 Å². The van der Waals surface area contributed by atoms with Crippen LogP contribution in [0.2, 0.25) is 0 Å². The van der Waals surface area contributed by atoms with Gasteiger partial charge in [-0.15, -0.1) is 0 Å². The smallest absolute Gasteiger partial charge is 0.271 e. The van der Waals surface area contributed by atoms with Gasteiger partial charge in [0.15, 0.2) is 0 Å². The Bertz CT molecular complexity index is 94.9. The Morgan fingerprint density at radius 1 is 1.86 bits per heavy atom. The number of amides is 1. The van der Waals surface area contributed by atoms with Gasteiger partial charge >= 0.3 is 0 Å². The van der Waals surface area contributed by atoms with Crippen molar-refractivity contribution >= 4 is 17.0 Å². The fourth-order valence-electron chi connectivity index (χ4n) is 0.406. The number of hydrogen-bond donors (Lipinski definition) is 1. The molecule has 0 spiro atoms. The van der Waals surface area contributed by atoms with Crippen molar-refractivity contribution in [1.82, 2.24) is 5.01 Å². The molecular formula is C3H6N2OS. The van der Waals surface area contributed by atoms with Crippen LogP contribution >= 0.6 is 11.8 Å². The fourth-order valence-corrected chi connectivity index (χ4v) is 1.13. The van der Waals surface area contributed by atoms with Gasteiger partial charge in [-0.25, -0.2) is 5.84 Å². The first-order valence-corrected chi connectivity index (χ1v) is 2.98. The highest BCUT2D eigenvalue weighted by atomic mass is 32.2. The third-order valence-electron chi connectivity index (χ3n) is 0.792. The Hall–Kier alpha value is -0.220. The molecule has 2 N–H and O–H groups in total. The van der Waals surface area contributed by atoms with Crippen molar-refractivity contribution in [2.45, 2.75) is 0 Å². The maximum absolute atomic E-state index is 10.3. The van der Waals surface area contributed by atoms with Crippen LogP contribution in [-0.4, -0.2) is 22.5 Å². The molecule has 0 bridgehead atoms. The van der Waals surface area contributed by atoms with E-state index in [1.807, 2.05) is 0 Å². The average molecular weight is 118 g/mol. The number of nitrogens with zero attached hydrogens (tertiary/aromatic N) is 1. The second-order valence-corrected chi connectivity index (χ2v) is 2.35. The molecular weight excluding hydrogens is 112 g/mol. The van der Waals surface area contributed by atoms with Crippen molar-refractivity contribution in [2.24, 2.45) is 5.84 Å². The van der Waals surface area contributed by atoms with E-state index in [1.165, 1.54) is 16.8 Å². The molecule has 1 heterocycles. The molecule has 40 valence electrons. The van der Waals surface area contributed by atoms with E-state index < -0.39 is 0 Å². The Labute approximate surface area is 45.8 Å². The molecule has 4 heteroatoms. The monoisotopic (exact) mass is 118 g/mol. The van der Waals surface area contributed by atoms with Crippen molar-refractivity contribution in [3.05, 3.63) is 0 Å². The van der Waals surface area contributed by atoms with Gasteiger partial charge in [-0.3, -0.25) is 9.80 Å². The number of rotatable bonds is 0. The summed E-state index contributed by atoms with van der Waals surface area (Å²) in [6.45, 7) is 0.698. The van der Waals surface area contributed by atoms with Crippen LogP contribution in [0.1, 0.15) is 0 Å². The van der Waals surface area contributed by atoms with Gasteiger partial charge in [0.25, 0.3) is 5.24 Å².